The van der Waals surface area contributed by atoms with Crippen molar-refractivity contribution >= 4 is 12.0 Å². The highest BCUT2D eigenvalue weighted by Crippen LogP contribution is 2.22. The number of urea groups is 1. The largest absolute Gasteiger partial charge is 0.481 e. The highest BCUT2D eigenvalue weighted by molar-refractivity contribution is 5.74. The monoisotopic (exact) mass is 272 g/mol. The molecular formula is C13H24N2O4. The van der Waals surface area contributed by atoms with Gasteiger partial charge in [-0.15, -0.1) is 0 Å². The lowest BCUT2D eigenvalue weighted by molar-refractivity contribution is -0.137. The van der Waals surface area contributed by atoms with Crippen molar-refractivity contribution in [1.29, 1.82) is 0 Å². The van der Waals surface area contributed by atoms with Crippen LogP contribution in [-0.2, 0) is 9.53 Å². The summed E-state index contributed by atoms with van der Waals surface area (Å²) in [5, 5.41) is 11.4. The van der Waals surface area contributed by atoms with Crippen molar-refractivity contribution in [1.82, 2.24) is 10.2 Å². The summed E-state index contributed by atoms with van der Waals surface area (Å²) in [4.78, 5) is 23.5. The fraction of sp³-hybridized carbons (Fsp3) is 0.846. The predicted molar refractivity (Wildman–Crippen MR) is 71.0 cm³/mol. The normalized spacial score (nSPS) is 22.8. The second kappa shape index (κ2) is 7.99. The molecule has 2 atom stereocenters. The van der Waals surface area contributed by atoms with Gasteiger partial charge in [0.1, 0.15) is 0 Å². The average molecular weight is 272 g/mol. The molecule has 1 fully saturated rings. The second-order valence-corrected chi connectivity index (χ2v) is 5.16. The van der Waals surface area contributed by atoms with Gasteiger partial charge in [0.15, 0.2) is 0 Å². The molecule has 1 heterocycles. The Morgan fingerprint density at radius 3 is 2.84 bits per heavy atom. The molecule has 2 amide bonds. The lowest BCUT2D eigenvalue weighted by atomic mass is 9.93. The van der Waals surface area contributed by atoms with E-state index in [4.69, 9.17) is 9.84 Å². The summed E-state index contributed by atoms with van der Waals surface area (Å²) in [6.45, 7) is 3.74. The van der Waals surface area contributed by atoms with E-state index in [9.17, 15) is 9.59 Å². The predicted octanol–water partition coefficient (Wildman–Crippen LogP) is 1.31. The van der Waals surface area contributed by atoms with Gasteiger partial charge in [0.05, 0.1) is 12.5 Å². The molecule has 1 aliphatic heterocycles. The lowest BCUT2D eigenvalue weighted by Gasteiger charge is -2.27. The molecule has 0 aromatic rings. The van der Waals surface area contributed by atoms with Crippen LogP contribution in [0.1, 0.15) is 32.6 Å². The van der Waals surface area contributed by atoms with Crippen LogP contribution in [0.5, 0.6) is 0 Å². The van der Waals surface area contributed by atoms with E-state index in [-0.39, 0.29) is 19.0 Å². The summed E-state index contributed by atoms with van der Waals surface area (Å²) < 4.78 is 5.48. The van der Waals surface area contributed by atoms with Crippen LogP contribution in [0.25, 0.3) is 0 Å². The third-order valence-electron chi connectivity index (χ3n) is 3.43. The van der Waals surface area contributed by atoms with Crippen molar-refractivity contribution in [3.8, 4) is 0 Å². The fourth-order valence-corrected chi connectivity index (χ4v) is 2.24. The first-order chi connectivity index (χ1) is 8.99. The first kappa shape index (κ1) is 15.8. The average Bonchev–Trinajstić information content (AvgIpc) is 2.35. The van der Waals surface area contributed by atoms with E-state index in [0.717, 1.165) is 25.9 Å². The summed E-state index contributed by atoms with van der Waals surface area (Å²) in [5.41, 5.74) is 0. The van der Waals surface area contributed by atoms with E-state index in [2.05, 4.69) is 12.2 Å². The molecule has 0 aromatic heterocycles. The Morgan fingerprint density at radius 2 is 2.21 bits per heavy atom. The van der Waals surface area contributed by atoms with Gasteiger partial charge in [-0.1, -0.05) is 0 Å². The molecule has 6 heteroatoms. The summed E-state index contributed by atoms with van der Waals surface area (Å²) in [7, 11) is 1.61. The zero-order chi connectivity index (χ0) is 14.3. The number of hydrogen-bond acceptors (Lipinski definition) is 3. The van der Waals surface area contributed by atoms with Crippen molar-refractivity contribution in [3.63, 3.8) is 0 Å². The maximum atomic E-state index is 11.7. The number of amides is 2. The number of ether oxygens (including phenoxy) is 1. The zero-order valence-corrected chi connectivity index (χ0v) is 11.7. The maximum Gasteiger partial charge on any atom is 0.317 e. The van der Waals surface area contributed by atoms with E-state index in [1.165, 1.54) is 4.90 Å². The number of nitrogens with zero attached hydrogens (tertiary/aromatic N) is 1. The highest BCUT2D eigenvalue weighted by Gasteiger charge is 2.19. The summed E-state index contributed by atoms with van der Waals surface area (Å²) in [5.74, 6) is -0.288. The SMILES string of the molecule is CC1CC(CCNC(=O)N(C)CCC(=O)O)CCO1. The van der Waals surface area contributed by atoms with E-state index >= 15 is 0 Å². The standard InChI is InChI=1S/C13H24N2O4/c1-10-9-11(5-8-19-10)3-6-14-13(18)15(2)7-4-12(16)17/h10-11H,3-9H2,1-2H3,(H,14,18)(H,16,17). The number of aliphatic carboxylic acids is 1. The molecule has 1 rings (SSSR count). The molecule has 110 valence electrons. The van der Waals surface area contributed by atoms with Gasteiger partial charge in [0, 0.05) is 26.7 Å². The van der Waals surface area contributed by atoms with Crippen LogP contribution in [0.4, 0.5) is 4.79 Å². The van der Waals surface area contributed by atoms with Crippen LogP contribution in [0, 0.1) is 5.92 Å². The van der Waals surface area contributed by atoms with Crippen LogP contribution in [-0.4, -0.2) is 54.9 Å². The molecule has 6 nitrogen and oxygen atoms in total. The van der Waals surface area contributed by atoms with Crippen LogP contribution < -0.4 is 5.32 Å². The van der Waals surface area contributed by atoms with E-state index in [1.54, 1.807) is 7.05 Å². The van der Waals surface area contributed by atoms with Gasteiger partial charge in [-0.3, -0.25) is 4.79 Å². The zero-order valence-electron chi connectivity index (χ0n) is 11.7. The molecule has 0 saturated carbocycles. The fourth-order valence-electron chi connectivity index (χ4n) is 2.24. The first-order valence-electron chi connectivity index (χ1n) is 6.81. The Hall–Kier alpha value is -1.30. The number of carbonyl (C=O) groups is 2. The third-order valence-corrected chi connectivity index (χ3v) is 3.43. The summed E-state index contributed by atoms with van der Waals surface area (Å²) in [6.07, 6.45) is 3.33. The molecule has 0 aliphatic carbocycles. The molecule has 2 N–H and O–H groups in total. The maximum absolute atomic E-state index is 11.7. The Morgan fingerprint density at radius 1 is 1.47 bits per heavy atom. The minimum absolute atomic E-state index is 0.0264. The molecule has 19 heavy (non-hydrogen) atoms. The quantitative estimate of drug-likeness (QED) is 0.764. The molecule has 1 aliphatic rings. The molecule has 0 bridgehead atoms. The minimum atomic E-state index is -0.893. The van der Waals surface area contributed by atoms with Gasteiger partial charge >= 0.3 is 12.0 Å². The van der Waals surface area contributed by atoms with Gasteiger partial charge in [-0.25, -0.2) is 4.79 Å². The highest BCUT2D eigenvalue weighted by atomic mass is 16.5. The van der Waals surface area contributed by atoms with Gasteiger partial charge in [0.25, 0.3) is 0 Å². The Kier molecular flexibility index (Phi) is 6.62. The van der Waals surface area contributed by atoms with Crippen molar-refractivity contribution in [2.75, 3.05) is 26.7 Å². The summed E-state index contributed by atoms with van der Waals surface area (Å²) >= 11 is 0. The number of hydrogen-bond donors (Lipinski definition) is 2. The Balaban J connectivity index is 2.13. The molecular weight excluding hydrogens is 248 g/mol. The number of carboxylic acids is 1. The van der Waals surface area contributed by atoms with E-state index < -0.39 is 5.97 Å². The van der Waals surface area contributed by atoms with Crippen LogP contribution >= 0.6 is 0 Å². The van der Waals surface area contributed by atoms with Crippen molar-refractivity contribution < 1.29 is 19.4 Å². The third kappa shape index (κ3) is 6.42. The van der Waals surface area contributed by atoms with Crippen molar-refractivity contribution in [3.05, 3.63) is 0 Å². The van der Waals surface area contributed by atoms with Gasteiger partial charge in [-0.05, 0) is 32.1 Å². The van der Waals surface area contributed by atoms with E-state index in [0.29, 0.717) is 18.6 Å². The van der Waals surface area contributed by atoms with Crippen LogP contribution in [0.2, 0.25) is 0 Å². The molecule has 0 radical (unpaired) electrons. The number of carbonyl (C=O) groups excluding carboxylic acids is 1. The van der Waals surface area contributed by atoms with Crippen molar-refractivity contribution in [2.45, 2.75) is 38.7 Å². The van der Waals surface area contributed by atoms with Crippen molar-refractivity contribution in [2.24, 2.45) is 5.92 Å². The number of carboxylic acid groups (broad SMARTS) is 1. The van der Waals surface area contributed by atoms with Gasteiger partial charge < -0.3 is 20.1 Å². The molecule has 1 saturated heterocycles. The second-order valence-electron chi connectivity index (χ2n) is 5.16. The Bertz CT molecular complexity index is 309. The van der Waals surface area contributed by atoms with Gasteiger partial charge in [0.2, 0.25) is 0 Å². The first-order valence-corrected chi connectivity index (χ1v) is 6.81. The topological polar surface area (TPSA) is 78.9 Å². The summed E-state index contributed by atoms with van der Waals surface area (Å²) in [6, 6.07) is -0.207. The number of rotatable bonds is 6. The molecule has 2 unspecified atom stereocenters. The van der Waals surface area contributed by atoms with Crippen LogP contribution in [0.15, 0.2) is 0 Å². The molecule has 0 aromatic carbocycles. The molecule has 0 spiro atoms. The van der Waals surface area contributed by atoms with E-state index in [1.807, 2.05) is 0 Å². The smallest absolute Gasteiger partial charge is 0.317 e. The van der Waals surface area contributed by atoms with Gasteiger partial charge in [-0.2, -0.15) is 0 Å². The Labute approximate surface area is 114 Å². The van der Waals surface area contributed by atoms with Crippen LogP contribution in [0.3, 0.4) is 0 Å². The minimum Gasteiger partial charge on any atom is -0.481 e. The lowest BCUT2D eigenvalue weighted by Crippen LogP contribution is -2.39. The number of nitrogens with one attached hydrogen (secondary N) is 1.